The molecule has 0 spiro atoms. The number of tetrazole rings is 1. The predicted octanol–water partition coefficient (Wildman–Crippen LogP) is 4.60. The molecule has 1 aliphatic heterocycles. The molecular formula is C28H22Cl2N8O3. The van der Waals surface area contributed by atoms with Gasteiger partial charge >= 0.3 is 5.97 Å². The van der Waals surface area contributed by atoms with E-state index >= 15 is 0 Å². The Balaban J connectivity index is 0.00000302. The molecule has 6 aromatic rings. The lowest BCUT2D eigenvalue weighted by Crippen LogP contribution is -2.23. The molecule has 0 radical (unpaired) electrons. The number of carboxylic acids is 1. The lowest BCUT2D eigenvalue weighted by Gasteiger charge is -2.15. The second-order valence-corrected chi connectivity index (χ2v) is 10.2. The summed E-state index contributed by atoms with van der Waals surface area (Å²) in [6.45, 7) is 0. The molecule has 41 heavy (non-hydrogen) atoms. The maximum absolute atomic E-state index is 13.5. The standard InChI is InChI=1S/C28H21ClN8O3.ClH/c29-18-2-5-24(36-14-32-34-35-36)21(11-18)16-7-19-3-6-25(37(19)26(38)9-16)28-31-13-23(33-28)15-1-4-22-20(8-15)17(12-30-22)10-27(39)40;/h1-2,4-5,7-9,11-14,25,30H,3,6,10H2,(H,31,33)(H,39,40);1H/t25-;/m0./s1. The summed E-state index contributed by atoms with van der Waals surface area (Å²) in [6, 6.07) is 14.6. The highest BCUT2D eigenvalue weighted by Crippen LogP contribution is 2.35. The summed E-state index contributed by atoms with van der Waals surface area (Å²) < 4.78 is 3.33. The summed E-state index contributed by atoms with van der Waals surface area (Å²) in [5.41, 5.74) is 6.25. The van der Waals surface area contributed by atoms with E-state index in [4.69, 9.17) is 11.6 Å². The largest absolute Gasteiger partial charge is 0.481 e. The molecule has 1 aliphatic rings. The Labute approximate surface area is 243 Å². The van der Waals surface area contributed by atoms with E-state index in [1.807, 2.05) is 30.3 Å². The lowest BCUT2D eigenvalue weighted by atomic mass is 10.0. The van der Waals surface area contributed by atoms with E-state index in [1.54, 1.807) is 39.8 Å². The number of carboxylic acid groups (broad SMARTS) is 1. The number of fused-ring (bicyclic) bond motifs is 2. The quantitative estimate of drug-likeness (QED) is 0.257. The van der Waals surface area contributed by atoms with Crippen molar-refractivity contribution < 1.29 is 9.90 Å². The highest BCUT2D eigenvalue weighted by Gasteiger charge is 2.28. The number of benzene rings is 2. The first kappa shape index (κ1) is 26.5. The van der Waals surface area contributed by atoms with Crippen molar-refractivity contribution in [3.05, 3.63) is 99.7 Å². The fourth-order valence-corrected chi connectivity index (χ4v) is 5.70. The van der Waals surface area contributed by atoms with E-state index < -0.39 is 5.97 Å². The third-order valence-corrected chi connectivity index (χ3v) is 7.57. The highest BCUT2D eigenvalue weighted by atomic mass is 35.5. The van der Waals surface area contributed by atoms with Crippen LogP contribution in [-0.2, 0) is 17.6 Å². The van der Waals surface area contributed by atoms with Crippen molar-refractivity contribution in [1.82, 2.24) is 39.7 Å². The van der Waals surface area contributed by atoms with Crippen molar-refractivity contribution in [2.24, 2.45) is 0 Å². The number of carbonyl (C=O) groups is 1. The molecule has 2 aromatic carbocycles. The molecule has 0 saturated heterocycles. The van der Waals surface area contributed by atoms with Crippen molar-refractivity contribution in [3.63, 3.8) is 0 Å². The first-order valence-corrected chi connectivity index (χ1v) is 13.0. The van der Waals surface area contributed by atoms with Crippen LogP contribution in [0.4, 0.5) is 0 Å². The molecule has 0 bridgehead atoms. The van der Waals surface area contributed by atoms with Gasteiger partial charge in [-0.15, -0.1) is 17.5 Å². The van der Waals surface area contributed by atoms with Crippen LogP contribution in [0.3, 0.4) is 0 Å². The maximum Gasteiger partial charge on any atom is 0.307 e. The topological polar surface area (TPSA) is 147 Å². The smallest absolute Gasteiger partial charge is 0.307 e. The Morgan fingerprint density at radius 2 is 2.00 bits per heavy atom. The molecule has 13 heteroatoms. The second-order valence-electron chi connectivity index (χ2n) is 9.74. The van der Waals surface area contributed by atoms with Gasteiger partial charge in [-0.2, -0.15) is 4.68 Å². The number of rotatable bonds is 6. The fourth-order valence-electron chi connectivity index (χ4n) is 5.53. The van der Waals surface area contributed by atoms with Crippen LogP contribution in [0.15, 0.2) is 72.0 Å². The maximum atomic E-state index is 13.5. The second kappa shape index (κ2) is 10.3. The van der Waals surface area contributed by atoms with E-state index in [1.165, 1.54) is 6.33 Å². The summed E-state index contributed by atoms with van der Waals surface area (Å²) in [7, 11) is 0. The minimum absolute atomic E-state index is 0. The Bertz CT molecular complexity index is 1980. The molecule has 5 heterocycles. The molecule has 0 saturated carbocycles. The molecular weight excluding hydrogens is 567 g/mol. The van der Waals surface area contributed by atoms with E-state index in [0.717, 1.165) is 56.7 Å². The van der Waals surface area contributed by atoms with Crippen LogP contribution in [-0.4, -0.2) is 50.8 Å². The third kappa shape index (κ3) is 4.68. The van der Waals surface area contributed by atoms with Gasteiger partial charge in [0, 0.05) is 45.0 Å². The van der Waals surface area contributed by atoms with E-state index in [-0.39, 0.29) is 30.4 Å². The third-order valence-electron chi connectivity index (χ3n) is 7.33. The van der Waals surface area contributed by atoms with Crippen LogP contribution >= 0.6 is 24.0 Å². The van der Waals surface area contributed by atoms with E-state index in [9.17, 15) is 14.7 Å². The molecule has 0 aliphatic carbocycles. The SMILES string of the molecule is Cl.O=C(O)Cc1c[nH]c2ccc(-c3cnc([C@@H]4CCc5cc(-c6cc(Cl)ccc6-n6cnnn6)cc(=O)n54)[nH]3)cc12. The number of hydrogen-bond acceptors (Lipinski definition) is 6. The zero-order chi connectivity index (χ0) is 27.4. The number of imidazole rings is 1. The number of pyridine rings is 1. The zero-order valence-electron chi connectivity index (χ0n) is 21.3. The molecule has 206 valence electrons. The normalized spacial score (nSPS) is 14.2. The van der Waals surface area contributed by atoms with Crippen LogP contribution in [0.25, 0.3) is 39.0 Å². The number of H-pyrrole nitrogens is 2. The van der Waals surface area contributed by atoms with Crippen molar-refractivity contribution in [3.8, 4) is 28.1 Å². The van der Waals surface area contributed by atoms with Gasteiger partial charge in [0.25, 0.3) is 5.56 Å². The lowest BCUT2D eigenvalue weighted by molar-refractivity contribution is -0.136. The van der Waals surface area contributed by atoms with Crippen molar-refractivity contribution in [1.29, 1.82) is 0 Å². The van der Waals surface area contributed by atoms with Gasteiger partial charge in [-0.05, 0) is 70.8 Å². The summed E-state index contributed by atoms with van der Waals surface area (Å²) in [5, 5.41) is 22.1. The Morgan fingerprint density at radius 3 is 2.80 bits per heavy atom. The average Bonchev–Trinajstić information content (AvgIpc) is 3.75. The number of aliphatic carboxylic acids is 1. The molecule has 4 aromatic heterocycles. The number of halogens is 2. The van der Waals surface area contributed by atoms with Gasteiger partial charge in [0.1, 0.15) is 12.2 Å². The van der Waals surface area contributed by atoms with Crippen molar-refractivity contribution in [2.75, 3.05) is 0 Å². The molecule has 11 nitrogen and oxygen atoms in total. The summed E-state index contributed by atoms with van der Waals surface area (Å²) in [6.07, 6.45) is 6.35. The molecule has 3 N–H and O–H groups in total. The monoisotopic (exact) mass is 588 g/mol. The van der Waals surface area contributed by atoms with Crippen LogP contribution in [0.2, 0.25) is 5.02 Å². The Morgan fingerprint density at radius 1 is 1.12 bits per heavy atom. The van der Waals surface area contributed by atoms with Gasteiger partial charge in [-0.3, -0.25) is 9.59 Å². The number of nitrogens with one attached hydrogen (secondary N) is 2. The summed E-state index contributed by atoms with van der Waals surface area (Å²) >= 11 is 6.31. The van der Waals surface area contributed by atoms with Gasteiger partial charge in [-0.25, -0.2) is 4.98 Å². The van der Waals surface area contributed by atoms with Gasteiger partial charge < -0.3 is 19.6 Å². The molecule has 0 fully saturated rings. The van der Waals surface area contributed by atoms with E-state index in [0.29, 0.717) is 17.3 Å². The van der Waals surface area contributed by atoms with Crippen LogP contribution in [0.5, 0.6) is 0 Å². The molecule has 0 amide bonds. The van der Waals surface area contributed by atoms with Gasteiger partial charge in [-0.1, -0.05) is 17.7 Å². The summed E-state index contributed by atoms with van der Waals surface area (Å²) in [5.74, 6) is -0.189. The van der Waals surface area contributed by atoms with Crippen molar-refractivity contribution >= 4 is 40.9 Å². The fraction of sp³-hybridized carbons (Fsp3) is 0.143. The van der Waals surface area contributed by atoms with Gasteiger partial charge in [0.2, 0.25) is 0 Å². The van der Waals surface area contributed by atoms with Gasteiger partial charge in [0.15, 0.2) is 0 Å². The first-order valence-electron chi connectivity index (χ1n) is 12.6. The highest BCUT2D eigenvalue weighted by molar-refractivity contribution is 6.31. The predicted molar refractivity (Wildman–Crippen MR) is 155 cm³/mol. The number of nitrogens with zero attached hydrogens (tertiary/aromatic N) is 6. The molecule has 1 atom stereocenters. The van der Waals surface area contributed by atoms with Crippen LogP contribution in [0, 0.1) is 0 Å². The number of aromatic nitrogens is 8. The van der Waals surface area contributed by atoms with Gasteiger partial charge in [0.05, 0.1) is 30.0 Å². The summed E-state index contributed by atoms with van der Waals surface area (Å²) in [4.78, 5) is 35.9. The number of aryl methyl sites for hydroxylation is 1. The number of aromatic amines is 2. The minimum atomic E-state index is -0.884. The van der Waals surface area contributed by atoms with Crippen LogP contribution in [0.1, 0.15) is 29.5 Å². The Kier molecular flexibility index (Phi) is 6.68. The van der Waals surface area contributed by atoms with E-state index in [2.05, 4.69) is 30.5 Å². The number of hydrogen-bond donors (Lipinski definition) is 3. The molecule has 7 rings (SSSR count). The van der Waals surface area contributed by atoms with Crippen molar-refractivity contribution in [2.45, 2.75) is 25.3 Å². The average molecular weight is 589 g/mol. The van der Waals surface area contributed by atoms with Crippen LogP contribution < -0.4 is 5.56 Å². The zero-order valence-corrected chi connectivity index (χ0v) is 22.9. The Hall–Kier alpha value is -4.74. The minimum Gasteiger partial charge on any atom is -0.481 e. The molecule has 0 unspecified atom stereocenters. The first-order chi connectivity index (χ1) is 19.4.